The average molecular weight is 580 g/mol. The maximum atomic E-state index is 13.6. The molecule has 0 aliphatic carbocycles. The van der Waals surface area contributed by atoms with Crippen molar-refractivity contribution < 1.29 is 23.8 Å². The third-order valence-corrected chi connectivity index (χ3v) is 7.72. The summed E-state index contributed by atoms with van der Waals surface area (Å²) >= 11 is 0. The SMILES string of the molecule is COc1cccc(-c2ccc(N3CCN(C(=O)CN(CCc4ccccc4)C(=O)c4ccc5c(c4)OCO5)CC3)nn2)c1. The van der Waals surface area contributed by atoms with E-state index in [1.165, 1.54) is 0 Å². The fourth-order valence-corrected chi connectivity index (χ4v) is 5.25. The number of carbonyl (C=O) groups excluding carboxylic acids is 2. The van der Waals surface area contributed by atoms with Crippen molar-refractivity contribution in [2.45, 2.75) is 6.42 Å². The van der Waals surface area contributed by atoms with Crippen LogP contribution in [0.3, 0.4) is 0 Å². The molecule has 0 spiro atoms. The molecule has 0 saturated carbocycles. The van der Waals surface area contributed by atoms with Gasteiger partial charge in [-0.05, 0) is 54.4 Å². The Labute approximate surface area is 250 Å². The zero-order valence-electron chi connectivity index (χ0n) is 24.0. The molecule has 3 heterocycles. The summed E-state index contributed by atoms with van der Waals surface area (Å²) in [6.45, 7) is 2.85. The molecule has 2 amide bonds. The van der Waals surface area contributed by atoms with Crippen LogP contribution in [0.15, 0.2) is 84.9 Å². The monoisotopic (exact) mass is 579 g/mol. The third kappa shape index (κ3) is 6.53. The molecule has 0 unspecified atom stereocenters. The Bertz CT molecular complexity index is 1570. The molecule has 4 aromatic rings. The highest BCUT2D eigenvalue weighted by atomic mass is 16.7. The van der Waals surface area contributed by atoms with Crippen molar-refractivity contribution in [2.24, 2.45) is 0 Å². The molecule has 1 aromatic heterocycles. The van der Waals surface area contributed by atoms with Gasteiger partial charge in [0.05, 0.1) is 12.8 Å². The average Bonchev–Trinajstić information content (AvgIpc) is 3.55. The number of anilines is 1. The van der Waals surface area contributed by atoms with Crippen LogP contribution in [-0.4, -0.2) is 85.0 Å². The molecule has 43 heavy (non-hydrogen) atoms. The van der Waals surface area contributed by atoms with Crippen LogP contribution in [0.1, 0.15) is 15.9 Å². The summed E-state index contributed by atoms with van der Waals surface area (Å²) in [6, 6.07) is 26.7. The Morgan fingerprint density at radius 1 is 0.860 bits per heavy atom. The molecule has 2 aliphatic rings. The Balaban J connectivity index is 1.09. The van der Waals surface area contributed by atoms with E-state index in [9.17, 15) is 9.59 Å². The van der Waals surface area contributed by atoms with E-state index in [1.54, 1.807) is 30.2 Å². The van der Waals surface area contributed by atoms with E-state index in [-0.39, 0.29) is 25.2 Å². The molecule has 0 radical (unpaired) electrons. The number of fused-ring (bicyclic) bond motifs is 1. The Morgan fingerprint density at radius 3 is 2.44 bits per heavy atom. The topological polar surface area (TPSA) is 97.3 Å². The molecule has 10 nitrogen and oxygen atoms in total. The van der Waals surface area contributed by atoms with Crippen LogP contribution in [0.5, 0.6) is 17.2 Å². The van der Waals surface area contributed by atoms with Crippen molar-refractivity contribution >= 4 is 17.6 Å². The number of carbonyl (C=O) groups is 2. The minimum absolute atomic E-state index is 0.00481. The Hall–Kier alpha value is -5.12. The second kappa shape index (κ2) is 12.8. The molecular weight excluding hydrogens is 546 g/mol. The standard InChI is InChI=1S/C33H33N5O5/c1-41-27-9-5-8-25(20-27)28-11-13-31(35-34-28)36-16-18-37(19-17-36)32(39)22-38(15-14-24-6-3-2-4-7-24)33(40)26-10-12-29-30(21-26)43-23-42-29/h2-13,20-21H,14-19,22-23H2,1H3. The van der Waals surface area contributed by atoms with E-state index in [1.807, 2.05) is 71.6 Å². The van der Waals surface area contributed by atoms with Crippen LogP contribution < -0.4 is 19.1 Å². The van der Waals surface area contributed by atoms with Crippen LogP contribution in [0.2, 0.25) is 0 Å². The second-order valence-electron chi connectivity index (χ2n) is 10.4. The summed E-state index contributed by atoms with van der Waals surface area (Å²) in [4.78, 5) is 32.7. The molecule has 2 aliphatic heterocycles. The van der Waals surface area contributed by atoms with E-state index < -0.39 is 0 Å². The molecule has 0 N–H and O–H groups in total. The normalized spacial score (nSPS) is 14.0. The van der Waals surface area contributed by atoms with Crippen LogP contribution >= 0.6 is 0 Å². The zero-order valence-corrected chi connectivity index (χ0v) is 24.0. The van der Waals surface area contributed by atoms with E-state index in [4.69, 9.17) is 14.2 Å². The summed E-state index contributed by atoms with van der Waals surface area (Å²) in [7, 11) is 1.64. The van der Waals surface area contributed by atoms with Gasteiger partial charge < -0.3 is 28.9 Å². The second-order valence-corrected chi connectivity index (χ2v) is 10.4. The lowest BCUT2D eigenvalue weighted by molar-refractivity contribution is -0.132. The summed E-state index contributed by atoms with van der Waals surface area (Å²) in [5.74, 6) is 2.38. The third-order valence-electron chi connectivity index (χ3n) is 7.72. The maximum Gasteiger partial charge on any atom is 0.254 e. The maximum absolute atomic E-state index is 13.6. The molecule has 0 bridgehead atoms. The van der Waals surface area contributed by atoms with E-state index in [0.717, 1.165) is 28.4 Å². The van der Waals surface area contributed by atoms with E-state index in [2.05, 4.69) is 15.1 Å². The zero-order chi connectivity index (χ0) is 29.6. The van der Waals surface area contributed by atoms with Crippen LogP contribution in [0.4, 0.5) is 5.82 Å². The number of benzene rings is 3. The number of aromatic nitrogens is 2. The number of nitrogens with zero attached hydrogens (tertiary/aromatic N) is 5. The number of piperazine rings is 1. The summed E-state index contributed by atoms with van der Waals surface area (Å²) in [5, 5.41) is 8.87. The van der Waals surface area contributed by atoms with Crippen molar-refractivity contribution in [3.05, 3.63) is 96.1 Å². The quantitative estimate of drug-likeness (QED) is 0.295. The first-order valence-corrected chi connectivity index (χ1v) is 14.3. The lowest BCUT2D eigenvalue weighted by atomic mass is 10.1. The lowest BCUT2D eigenvalue weighted by Crippen LogP contribution is -2.52. The van der Waals surface area contributed by atoms with Gasteiger partial charge >= 0.3 is 0 Å². The minimum atomic E-state index is -0.215. The Kier molecular flexibility index (Phi) is 8.35. The highest BCUT2D eigenvalue weighted by Crippen LogP contribution is 2.33. The molecular formula is C33H33N5O5. The first-order chi connectivity index (χ1) is 21.1. The van der Waals surface area contributed by atoms with Crippen molar-refractivity contribution in [3.63, 3.8) is 0 Å². The highest BCUT2D eigenvalue weighted by molar-refractivity contribution is 5.97. The largest absolute Gasteiger partial charge is 0.497 e. The molecule has 6 rings (SSSR count). The number of methoxy groups -OCH3 is 1. The fourth-order valence-electron chi connectivity index (χ4n) is 5.25. The van der Waals surface area contributed by atoms with Gasteiger partial charge in [0, 0.05) is 43.9 Å². The van der Waals surface area contributed by atoms with Crippen molar-refractivity contribution in [1.82, 2.24) is 20.0 Å². The van der Waals surface area contributed by atoms with Crippen LogP contribution in [0.25, 0.3) is 11.3 Å². The predicted molar refractivity (Wildman–Crippen MR) is 161 cm³/mol. The minimum Gasteiger partial charge on any atom is -0.497 e. The van der Waals surface area contributed by atoms with Crippen LogP contribution in [-0.2, 0) is 11.2 Å². The summed E-state index contributed by atoms with van der Waals surface area (Å²) < 4.78 is 16.2. The van der Waals surface area contributed by atoms with Gasteiger partial charge in [0.15, 0.2) is 17.3 Å². The molecule has 0 atom stereocenters. The smallest absolute Gasteiger partial charge is 0.254 e. The van der Waals surface area contributed by atoms with Gasteiger partial charge in [-0.1, -0.05) is 42.5 Å². The number of rotatable bonds is 9. The first-order valence-electron chi connectivity index (χ1n) is 14.3. The fraction of sp³-hybridized carbons (Fsp3) is 0.273. The molecule has 1 fully saturated rings. The van der Waals surface area contributed by atoms with E-state index in [0.29, 0.717) is 56.2 Å². The number of hydrogen-bond acceptors (Lipinski definition) is 8. The number of hydrogen-bond donors (Lipinski definition) is 0. The molecule has 3 aromatic carbocycles. The highest BCUT2D eigenvalue weighted by Gasteiger charge is 2.27. The van der Waals surface area contributed by atoms with E-state index >= 15 is 0 Å². The summed E-state index contributed by atoms with van der Waals surface area (Å²) in [6.07, 6.45) is 0.641. The number of ether oxygens (including phenoxy) is 3. The van der Waals surface area contributed by atoms with Gasteiger partial charge in [-0.2, -0.15) is 0 Å². The van der Waals surface area contributed by atoms with Crippen molar-refractivity contribution in [1.29, 1.82) is 0 Å². The summed E-state index contributed by atoms with van der Waals surface area (Å²) in [5.41, 5.74) is 3.26. The molecule has 1 saturated heterocycles. The Morgan fingerprint density at radius 2 is 1.67 bits per heavy atom. The first kappa shape index (κ1) is 28.0. The van der Waals surface area contributed by atoms with Gasteiger partial charge in [0.2, 0.25) is 12.7 Å². The van der Waals surface area contributed by atoms with Gasteiger partial charge in [-0.25, -0.2) is 0 Å². The van der Waals surface area contributed by atoms with Crippen molar-refractivity contribution in [2.75, 3.05) is 58.1 Å². The van der Waals surface area contributed by atoms with Crippen molar-refractivity contribution in [3.8, 4) is 28.5 Å². The van der Waals surface area contributed by atoms with Gasteiger partial charge in [0.25, 0.3) is 5.91 Å². The molecule has 220 valence electrons. The molecule has 10 heteroatoms. The van der Waals surface area contributed by atoms with Gasteiger partial charge in [-0.15, -0.1) is 10.2 Å². The lowest BCUT2D eigenvalue weighted by Gasteiger charge is -2.36. The van der Waals surface area contributed by atoms with Gasteiger partial charge in [0.1, 0.15) is 12.3 Å². The van der Waals surface area contributed by atoms with Gasteiger partial charge in [-0.3, -0.25) is 9.59 Å². The number of amides is 2. The predicted octanol–water partition coefficient (Wildman–Crippen LogP) is 3.91. The van der Waals surface area contributed by atoms with Crippen LogP contribution in [0, 0.1) is 0 Å².